The smallest absolute Gasteiger partial charge is 0.243 e. The lowest BCUT2D eigenvalue weighted by molar-refractivity contribution is -0.122. The highest BCUT2D eigenvalue weighted by Crippen LogP contribution is 2.32. The average Bonchev–Trinajstić information content (AvgIpc) is 3.19. The minimum Gasteiger partial charge on any atom is -0.352 e. The van der Waals surface area contributed by atoms with Gasteiger partial charge in [0, 0.05) is 17.5 Å². The Morgan fingerprint density at radius 1 is 1.12 bits per heavy atom. The summed E-state index contributed by atoms with van der Waals surface area (Å²) in [4.78, 5) is 25.5. The van der Waals surface area contributed by atoms with E-state index in [2.05, 4.69) is 26.0 Å². The van der Waals surface area contributed by atoms with Gasteiger partial charge in [-0.2, -0.15) is 4.80 Å². The molecular formula is C18H22N6O2. The second-order valence-electron chi connectivity index (χ2n) is 7.00. The summed E-state index contributed by atoms with van der Waals surface area (Å²) in [5.41, 5.74) is 1.36. The molecule has 1 aromatic heterocycles. The monoisotopic (exact) mass is 354 g/mol. The second kappa shape index (κ2) is 7.23. The Labute approximate surface area is 151 Å². The first-order valence-electron chi connectivity index (χ1n) is 9.16. The fourth-order valence-corrected chi connectivity index (χ4v) is 3.26. The number of hydrogen-bond donors (Lipinski definition) is 2. The van der Waals surface area contributed by atoms with Crippen LogP contribution in [0, 0.1) is 5.92 Å². The van der Waals surface area contributed by atoms with Gasteiger partial charge in [0.25, 0.3) is 0 Å². The molecular weight excluding hydrogens is 332 g/mol. The molecule has 2 aromatic rings. The number of carbonyl (C=O) groups excluding carboxylic acids is 2. The summed E-state index contributed by atoms with van der Waals surface area (Å²) < 4.78 is 0. The molecule has 8 heteroatoms. The quantitative estimate of drug-likeness (QED) is 0.823. The van der Waals surface area contributed by atoms with Gasteiger partial charge in [0.15, 0.2) is 0 Å². The van der Waals surface area contributed by atoms with Crippen molar-refractivity contribution in [2.75, 3.05) is 5.32 Å². The highest BCUT2D eigenvalue weighted by atomic mass is 16.2. The summed E-state index contributed by atoms with van der Waals surface area (Å²) >= 11 is 0. The van der Waals surface area contributed by atoms with Crippen molar-refractivity contribution in [3.63, 3.8) is 0 Å². The van der Waals surface area contributed by atoms with E-state index in [1.807, 2.05) is 24.3 Å². The molecule has 0 unspecified atom stereocenters. The number of nitrogens with one attached hydrogen (secondary N) is 2. The number of carbonyl (C=O) groups is 2. The normalized spacial score (nSPS) is 17.2. The third-order valence-electron chi connectivity index (χ3n) is 4.83. The van der Waals surface area contributed by atoms with Crippen molar-refractivity contribution < 1.29 is 9.59 Å². The van der Waals surface area contributed by atoms with Crippen LogP contribution in [0.1, 0.15) is 38.5 Å². The van der Waals surface area contributed by atoms with Gasteiger partial charge in [-0.3, -0.25) is 9.59 Å². The van der Waals surface area contributed by atoms with Gasteiger partial charge >= 0.3 is 0 Å². The van der Waals surface area contributed by atoms with Crippen LogP contribution in [0.4, 0.5) is 5.69 Å². The van der Waals surface area contributed by atoms with Gasteiger partial charge in [-0.05, 0) is 43.0 Å². The highest BCUT2D eigenvalue weighted by molar-refractivity contribution is 5.97. The Morgan fingerprint density at radius 2 is 1.88 bits per heavy atom. The van der Waals surface area contributed by atoms with Crippen LogP contribution < -0.4 is 10.6 Å². The Kier molecular flexibility index (Phi) is 4.64. The van der Waals surface area contributed by atoms with Crippen molar-refractivity contribution in [3.8, 4) is 11.4 Å². The lowest BCUT2D eigenvalue weighted by Gasteiger charge is -2.10. The van der Waals surface area contributed by atoms with E-state index in [0.29, 0.717) is 17.1 Å². The topological polar surface area (TPSA) is 102 Å². The minimum atomic E-state index is -0.101. The van der Waals surface area contributed by atoms with E-state index in [-0.39, 0.29) is 30.3 Å². The number of rotatable bonds is 6. The lowest BCUT2D eigenvalue weighted by atomic mass is 10.1. The number of benzene rings is 1. The van der Waals surface area contributed by atoms with Gasteiger partial charge in [-0.25, -0.2) is 0 Å². The minimum absolute atomic E-state index is 0.0285. The first-order valence-corrected chi connectivity index (χ1v) is 9.16. The average molecular weight is 354 g/mol. The molecule has 1 aromatic carbocycles. The first-order chi connectivity index (χ1) is 12.7. The van der Waals surface area contributed by atoms with E-state index in [9.17, 15) is 9.59 Å². The second-order valence-corrected chi connectivity index (χ2v) is 7.00. The highest BCUT2D eigenvalue weighted by Gasteiger charge is 2.30. The molecule has 136 valence electrons. The standard InChI is InChI=1S/C18H22N6O2/c25-16(19-13-5-1-2-6-13)11-24-22-17(21-23-24)14-7-3-4-8-15(14)20-18(26)12-9-10-12/h3-4,7-8,12-13H,1-2,5-6,9-11H2,(H,19,25)(H,20,26). The molecule has 0 aliphatic heterocycles. The van der Waals surface area contributed by atoms with E-state index in [0.717, 1.165) is 25.7 Å². The zero-order chi connectivity index (χ0) is 17.9. The summed E-state index contributed by atoms with van der Waals surface area (Å²) in [6.07, 6.45) is 6.29. The summed E-state index contributed by atoms with van der Waals surface area (Å²) in [5.74, 6) is 0.438. The molecule has 8 nitrogen and oxygen atoms in total. The Hall–Kier alpha value is -2.77. The summed E-state index contributed by atoms with van der Waals surface area (Å²) in [6.45, 7) is 0.0418. The van der Waals surface area contributed by atoms with Crippen molar-refractivity contribution in [1.29, 1.82) is 0 Å². The van der Waals surface area contributed by atoms with E-state index in [1.165, 1.54) is 17.6 Å². The number of tetrazole rings is 1. The number of hydrogen-bond acceptors (Lipinski definition) is 5. The number of amides is 2. The Morgan fingerprint density at radius 3 is 2.65 bits per heavy atom. The van der Waals surface area contributed by atoms with E-state index >= 15 is 0 Å². The van der Waals surface area contributed by atoms with Crippen molar-refractivity contribution in [2.24, 2.45) is 5.92 Å². The molecule has 0 atom stereocenters. The Bertz CT molecular complexity index is 808. The molecule has 4 rings (SSSR count). The van der Waals surface area contributed by atoms with Crippen LogP contribution in [-0.4, -0.2) is 38.1 Å². The maximum absolute atomic E-state index is 12.1. The third-order valence-corrected chi connectivity index (χ3v) is 4.83. The van der Waals surface area contributed by atoms with Gasteiger partial charge in [0.1, 0.15) is 6.54 Å². The van der Waals surface area contributed by atoms with Crippen molar-refractivity contribution >= 4 is 17.5 Å². The third kappa shape index (κ3) is 3.89. The number of anilines is 1. The van der Waals surface area contributed by atoms with Crippen LogP contribution in [0.25, 0.3) is 11.4 Å². The number of nitrogens with zero attached hydrogens (tertiary/aromatic N) is 4. The molecule has 2 N–H and O–H groups in total. The molecule has 0 radical (unpaired) electrons. The van der Waals surface area contributed by atoms with Crippen LogP contribution in [0.3, 0.4) is 0 Å². The van der Waals surface area contributed by atoms with Crippen molar-refractivity contribution in [3.05, 3.63) is 24.3 Å². The lowest BCUT2D eigenvalue weighted by Crippen LogP contribution is -2.35. The zero-order valence-electron chi connectivity index (χ0n) is 14.5. The van der Waals surface area contributed by atoms with E-state index < -0.39 is 0 Å². The van der Waals surface area contributed by atoms with E-state index in [1.54, 1.807) is 0 Å². The van der Waals surface area contributed by atoms with Gasteiger partial charge in [-0.15, -0.1) is 10.2 Å². The fraction of sp³-hybridized carbons (Fsp3) is 0.500. The zero-order valence-corrected chi connectivity index (χ0v) is 14.5. The maximum Gasteiger partial charge on any atom is 0.243 e. The predicted octanol–water partition coefficient (Wildman–Crippen LogP) is 1.75. The van der Waals surface area contributed by atoms with E-state index in [4.69, 9.17) is 0 Å². The summed E-state index contributed by atoms with van der Waals surface area (Å²) in [6, 6.07) is 7.64. The molecule has 26 heavy (non-hydrogen) atoms. The van der Waals surface area contributed by atoms with Crippen LogP contribution >= 0.6 is 0 Å². The van der Waals surface area contributed by atoms with Crippen LogP contribution in [0.5, 0.6) is 0 Å². The van der Waals surface area contributed by atoms with Gasteiger partial charge in [-0.1, -0.05) is 25.0 Å². The van der Waals surface area contributed by atoms with Gasteiger partial charge in [0.2, 0.25) is 17.6 Å². The summed E-state index contributed by atoms with van der Waals surface area (Å²) in [5, 5.41) is 18.3. The molecule has 1 heterocycles. The fourth-order valence-electron chi connectivity index (χ4n) is 3.26. The number of aromatic nitrogens is 4. The first kappa shape index (κ1) is 16.7. The molecule has 0 bridgehead atoms. The predicted molar refractivity (Wildman–Crippen MR) is 95.0 cm³/mol. The largest absolute Gasteiger partial charge is 0.352 e. The molecule has 0 spiro atoms. The molecule has 0 saturated heterocycles. The number of para-hydroxylation sites is 1. The van der Waals surface area contributed by atoms with Crippen LogP contribution in [0.2, 0.25) is 0 Å². The van der Waals surface area contributed by atoms with Gasteiger partial charge < -0.3 is 10.6 Å². The molecule has 2 aliphatic carbocycles. The summed E-state index contributed by atoms with van der Waals surface area (Å²) in [7, 11) is 0. The van der Waals surface area contributed by atoms with Crippen LogP contribution in [0.15, 0.2) is 24.3 Å². The van der Waals surface area contributed by atoms with Gasteiger partial charge in [0.05, 0.1) is 5.69 Å². The van der Waals surface area contributed by atoms with Crippen molar-refractivity contribution in [1.82, 2.24) is 25.5 Å². The Balaban J connectivity index is 1.44. The molecule has 2 fully saturated rings. The maximum atomic E-state index is 12.1. The molecule has 2 amide bonds. The van der Waals surface area contributed by atoms with Crippen LogP contribution in [-0.2, 0) is 16.1 Å². The SMILES string of the molecule is O=C(Cn1nnc(-c2ccccc2NC(=O)C2CC2)n1)NC1CCCC1. The molecule has 2 saturated carbocycles. The molecule has 2 aliphatic rings. The van der Waals surface area contributed by atoms with Crippen molar-refractivity contribution in [2.45, 2.75) is 51.1 Å².